The monoisotopic (exact) mass is 350 g/mol. The Balaban J connectivity index is 1.90. The van der Waals surface area contributed by atoms with Crippen LogP contribution in [0.25, 0.3) is 16.8 Å². The molecule has 126 valence electrons. The molecule has 1 atom stereocenters. The molecule has 0 heterocycles. The zero-order valence-electron chi connectivity index (χ0n) is 13.8. The summed E-state index contributed by atoms with van der Waals surface area (Å²) < 4.78 is 31.8. The average Bonchev–Trinajstić information content (AvgIpc) is 2.67. The molecule has 4 rings (SSSR count). The van der Waals surface area contributed by atoms with Crippen LogP contribution in [0.4, 0.5) is 0 Å². The fraction of sp³-hybridized carbons (Fsp3) is 0.143. The summed E-state index contributed by atoms with van der Waals surface area (Å²) in [7, 11) is -1.93. The number of fused-ring (bicyclic) bond motifs is 3. The first-order valence-corrected chi connectivity index (χ1v) is 9.72. The number of rotatable bonds is 3. The van der Waals surface area contributed by atoms with Crippen molar-refractivity contribution in [2.45, 2.75) is 16.6 Å². The van der Waals surface area contributed by atoms with E-state index in [4.69, 9.17) is 4.74 Å². The van der Waals surface area contributed by atoms with Gasteiger partial charge in [-0.05, 0) is 52.6 Å². The number of hydrogen-bond donors (Lipinski definition) is 0. The molecular weight excluding hydrogens is 332 g/mol. The Morgan fingerprint density at radius 1 is 0.960 bits per heavy atom. The molecular formula is C21H18O3S. The fourth-order valence-electron chi connectivity index (χ4n) is 3.47. The Bertz CT molecular complexity index is 1060. The predicted octanol–water partition coefficient (Wildman–Crippen LogP) is 4.78. The minimum atomic E-state index is -3.50. The normalized spacial score (nSPS) is 16.6. The van der Waals surface area contributed by atoms with Crippen LogP contribution in [-0.2, 0) is 9.84 Å². The largest absolute Gasteiger partial charge is 0.497 e. The van der Waals surface area contributed by atoms with E-state index in [1.165, 1.54) is 0 Å². The van der Waals surface area contributed by atoms with Crippen molar-refractivity contribution in [1.82, 2.24) is 0 Å². The Morgan fingerprint density at radius 2 is 1.72 bits per heavy atom. The molecule has 0 radical (unpaired) electrons. The summed E-state index contributed by atoms with van der Waals surface area (Å²) >= 11 is 0. The van der Waals surface area contributed by atoms with Crippen LogP contribution in [0.1, 0.15) is 22.8 Å². The van der Waals surface area contributed by atoms with Gasteiger partial charge in [-0.1, -0.05) is 48.6 Å². The quantitative estimate of drug-likeness (QED) is 0.683. The van der Waals surface area contributed by atoms with E-state index < -0.39 is 15.1 Å². The van der Waals surface area contributed by atoms with Crippen molar-refractivity contribution < 1.29 is 13.2 Å². The van der Waals surface area contributed by atoms with Crippen LogP contribution in [0.2, 0.25) is 0 Å². The van der Waals surface area contributed by atoms with Crippen molar-refractivity contribution >= 4 is 26.7 Å². The van der Waals surface area contributed by atoms with Gasteiger partial charge in [-0.15, -0.1) is 0 Å². The van der Waals surface area contributed by atoms with Crippen molar-refractivity contribution in [2.75, 3.05) is 7.11 Å². The first-order valence-electron chi connectivity index (χ1n) is 8.17. The van der Waals surface area contributed by atoms with Crippen molar-refractivity contribution in [3.63, 3.8) is 0 Å². The van der Waals surface area contributed by atoms with Gasteiger partial charge in [0.2, 0.25) is 0 Å². The Morgan fingerprint density at radius 3 is 2.48 bits per heavy atom. The average molecular weight is 350 g/mol. The molecule has 0 N–H and O–H groups in total. The van der Waals surface area contributed by atoms with E-state index in [9.17, 15) is 8.42 Å². The number of hydrogen-bond acceptors (Lipinski definition) is 3. The van der Waals surface area contributed by atoms with Gasteiger partial charge in [-0.2, -0.15) is 0 Å². The van der Waals surface area contributed by atoms with Gasteiger partial charge in [0.25, 0.3) is 0 Å². The number of benzene rings is 3. The fourth-order valence-corrected chi connectivity index (χ4v) is 5.25. The van der Waals surface area contributed by atoms with Crippen molar-refractivity contribution in [3.05, 3.63) is 77.9 Å². The van der Waals surface area contributed by atoms with Gasteiger partial charge in [0.1, 0.15) is 5.75 Å². The van der Waals surface area contributed by atoms with E-state index in [1.807, 2.05) is 48.6 Å². The molecule has 3 aromatic rings. The molecule has 4 heteroatoms. The third-order valence-corrected chi connectivity index (χ3v) is 6.84. The van der Waals surface area contributed by atoms with Gasteiger partial charge in [0.05, 0.1) is 17.3 Å². The highest BCUT2D eigenvalue weighted by Gasteiger charge is 2.32. The predicted molar refractivity (Wildman–Crippen MR) is 101 cm³/mol. The SMILES string of the molecule is COc1ccc(S(=O)(=O)C2CC=Cc3ccc4ccccc4c32)cc1. The molecule has 0 bridgehead atoms. The van der Waals surface area contributed by atoms with Gasteiger partial charge >= 0.3 is 0 Å². The van der Waals surface area contributed by atoms with Crippen LogP contribution < -0.4 is 4.74 Å². The Hall–Kier alpha value is -2.59. The maximum absolute atomic E-state index is 13.3. The lowest BCUT2D eigenvalue weighted by Gasteiger charge is -2.24. The third kappa shape index (κ3) is 2.63. The molecule has 3 aromatic carbocycles. The summed E-state index contributed by atoms with van der Waals surface area (Å²) in [6.45, 7) is 0. The zero-order valence-corrected chi connectivity index (χ0v) is 14.7. The minimum absolute atomic E-state index is 0.326. The van der Waals surface area contributed by atoms with Crippen LogP contribution in [0.3, 0.4) is 0 Å². The highest BCUT2D eigenvalue weighted by molar-refractivity contribution is 7.91. The van der Waals surface area contributed by atoms with Gasteiger partial charge in [0.15, 0.2) is 9.84 Å². The number of methoxy groups -OCH3 is 1. The van der Waals surface area contributed by atoms with E-state index in [2.05, 4.69) is 0 Å². The van der Waals surface area contributed by atoms with Crippen LogP contribution in [0.15, 0.2) is 71.6 Å². The Kier molecular flexibility index (Phi) is 3.85. The summed E-state index contributed by atoms with van der Waals surface area (Å²) in [5.41, 5.74) is 1.88. The summed E-state index contributed by atoms with van der Waals surface area (Å²) in [6.07, 6.45) is 4.44. The van der Waals surface area contributed by atoms with Crippen molar-refractivity contribution in [1.29, 1.82) is 0 Å². The molecule has 0 aromatic heterocycles. The second-order valence-electron chi connectivity index (χ2n) is 6.14. The van der Waals surface area contributed by atoms with Crippen molar-refractivity contribution in [3.8, 4) is 5.75 Å². The topological polar surface area (TPSA) is 43.4 Å². The van der Waals surface area contributed by atoms with E-state index in [0.717, 1.165) is 21.9 Å². The van der Waals surface area contributed by atoms with Gasteiger partial charge in [-0.25, -0.2) is 8.42 Å². The molecule has 3 nitrogen and oxygen atoms in total. The maximum atomic E-state index is 13.3. The van der Waals surface area contributed by atoms with Crippen LogP contribution in [0.5, 0.6) is 5.75 Å². The lowest BCUT2D eigenvalue weighted by molar-refractivity contribution is 0.414. The molecule has 0 saturated heterocycles. The first-order chi connectivity index (χ1) is 12.1. The second-order valence-corrected chi connectivity index (χ2v) is 8.27. The van der Waals surface area contributed by atoms with Crippen LogP contribution in [-0.4, -0.2) is 15.5 Å². The highest BCUT2D eigenvalue weighted by atomic mass is 32.2. The molecule has 0 saturated carbocycles. The molecule has 1 unspecified atom stereocenters. The molecule has 0 aliphatic heterocycles. The number of sulfone groups is 1. The molecule has 0 fully saturated rings. The molecule has 0 spiro atoms. The van der Waals surface area contributed by atoms with E-state index in [1.54, 1.807) is 31.4 Å². The summed E-state index contributed by atoms with van der Waals surface area (Å²) in [4.78, 5) is 0.326. The van der Waals surface area contributed by atoms with E-state index in [0.29, 0.717) is 17.1 Å². The number of ether oxygens (including phenoxy) is 1. The second kappa shape index (κ2) is 6.05. The highest BCUT2D eigenvalue weighted by Crippen LogP contribution is 2.41. The Labute approximate surface area is 147 Å². The standard InChI is InChI=1S/C21H18O3S/c1-24-17-11-13-18(14-12-17)25(22,23)20-8-4-6-16-10-9-15-5-2-3-7-19(15)21(16)20/h2-7,9-14,20H,8H2,1H3. The molecule has 25 heavy (non-hydrogen) atoms. The third-order valence-electron chi connectivity index (χ3n) is 4.74. The van der Waals surface area contributed by atoms with Gasteiger partial charge < -0.3 is 4.74 Å². The maximum Gasteiger partial charge on any atom is 0.185 e. The number of allylic oxidation sites excluding steroid dienone is 1. The lowest BCUT2D eigenvalue weighted by Crippen LogP contribution is -2.16. The van der Waals surface area contributed by atoms with Gasteiger partial charge in [0, 0.05) is 0 Å². The molecule has 1 aliphatic carbocycles. The van der Waals surface area contributed by atoms with Crippen molar-refractivity contribution in [2.24, 2.45) is 0 Å². The van der Waals surface area contributed by atoms with E-state index >= 15 is 0 Å². The zero-order chi connectivity index (χ0) is 17.4. The first kappa shape index (κ1) is 15.9. The lowest BCUT2D eigenvalue weighted by atomic mass is 9.91. The molecule has 0 amide bonds. The smallest absolute Gasteiger partial charge is 0.185 e. The summed E-state index contributed by atoms with van der Waals surface area (Å²) in [5, 5.41) is 1.49. The van der Waals surface area contributed by atoms with Gasteiger partial charge in [-0.3, -0.25) is 0 Å². The summed E-state index contributed by atoms with van der Waals surface area (Å²) in [6, 6.07) is 18.6. The van der Waals surface area contributed by atoms with E-state index in [-0.39, 0.29) is 0 Å². The summed E-state index contributed by atoms with van der Waals surface area (Å²) in [5.74, 6) is 0.647. The minimum Gasteiger partial charge on any atom is -0.497 e. The van der Waals surface area contributed by atoms with Crippen LogP contribution in [0, 0.1) is 0 Å². The van der Waals surface area contributed by atoms with Crippen LogP contribution >= 0.6 is 0 Å². The molecule has 1 aliphatic rings.